The topological polar surface area (TPSA) is 105 Å². The number of fused-ring (bicyclic) bond motifs is 1. The molecule has 0 spiro atoms. The van der Waals surface area contributed by atoms with Crippen molar-refractivity contribution in [3.8, 4) is 0 Å². The van der Waals surface area contributed by atoms with E-state index in [0.29, 0.717) is 41.3 Å². The molecule has 0 bridgehead atoms. The van der Waals surface area contributed by atoms with Gasteiger partial charge in [-0.1, -0.05) is 54.1 Å². The second kappa shape index (κ2) is 13.3. The number of aryl methyl sites for hydroxylation is 1. The van der Waals surface area contributed by atoms with Gasteiger partial charge < -0.3 is 20.3 Å². The van der Waals surface area contributed by atoms with E-state index in [1.165, 1.54) is 37.1 Å². The van der Waals surface area contributed by atoms with Gasteiger partial charge in [0.2, 0.25) is 11.8 Å². The molecule has 3 aromatic carbocycles. The van der Waals surface area contributed by atoms with Crippen molar-refractivity contribution in [1.29, 1.82) is 0 Å². The fourth-order valence-corrected chi connectivity index (χ4v) is 7.19. The Labute approximate surface area is 258 Å². The number of carbonyl (C=O) groups is 4. The van der Waals surface area contributed by atoms with Crippen LogP contribution in [0.5, 0.6) is 0 Å². The van der Waals surface area contributed by atoms with Crippen LogP contribution >= 0.6 is 23.1 Å². The minimum atomic E-state index is -0.664. The summed E-state index contributed by atoms with van der Waals surface area (Å²) in [4.78, 5) is 54.9. The Bertz CT molecular complexity index is 1670. The molecule has 0 aliphatic carbocycles. The van der Waals surface area contributed by atoms with Crippen LogP contribution in [-0.4, -0.2) is 42.2 Å². The maximum absolute atomic E-state index is 13.9. The lowest BCUT2D eigenvalue weighted by molar-refractivity contribution is -0.129. The number of hydrogen-bond acceptors (Lipinski definition) is 7. The number of hydrogen-bond donors (Lipinski definition) is 2. The van der Waals surface area contributed by atoms with Crippen LogP contribution < -0.4 is 10.6 Å². The van der Waals surface area contributed by atoms with Gasteiger partial charge in [0, 0.05) is 34.5 Å². The number of carbonyl (C=O) groups excluding carboxylic acids is 4. The summed E-state index contributed by atoms with van der Waals surface area (Å²) in [5, 5.41) is 5.68. The standard InChI is InChI=1S/C33H31N3O5S2/c1-20-12-14-23(15-13-20)30(38)34-24-10-7-11-25(18-24)42-29(22-8-5-4-6-9-22)31(39)35-32-28(33(40)41-3)26-16-17-36(21(2)37)19-27(26)43-32/h4-15,18,29H,16-17,19H2,1-3H3,(H,34,38)(H,35,39). The zero-order chi connectivity index (χ0) is 30.5. The second-order valence-electron chi connectivity index (χ2n) is 10.1. The smallest absolute Gasteiger partial charge is 0.341 e. The molecule has 1 atom stereocenters. The zero-order valence-electron chi connectivity index (χ0n) is 24.0. The minimum absolute atomic E-state index is 0.0397. The second-order valence-corrected chi connectivity index (χ2v) is 12.4. The number of anilines is 2. The van der Waals surface area contributed by atoms with Crippen LogP contribution in [0.3, 0.4) is 0 Å². The lowest BCUT2D eigenvalue weighted by atomic mass is 10.0. The van der Waals surface area contributed by atoms with E-state index in [0.717, 1.165) is 26.5 Å². The fraction of sp³-hybridized carbons (Fsp3) is 0.212. The largest absolute Gasteiger partial charge is 0.465 e. The summed E-state index contributed by atoms with van der Waals surface area (Å²) in [5.41, 5.74) is 4.16. The highest BCUT2D eigenvalue weighted by molar-refractivity contribution is 8.00. The highest BCUT2D eigenvalue weighted by Gasteiger charge is 2.32. The van der Waals surface area contributed by atoms with Crippen molar-refractivity contribution >= 4 is 57.5 Å². The van der Waals surface area contributed by atoms with Crippen molar-refractivity contribution in [1.82, 2.24) is 4.90 Å². The highest BCUT2D eigenvalue weighted by atomic mass is 32.2. The van der Waals surface area contributed by atoms with E-state index < -0.39 is 11.2 Å². The van der Waals surface area contributed by atoms with E-state index in [9.17, 15) is 19.2 Å². The monoisotopic (exact) mass is 613 g/mol. The van der Waals surface area contributed by atoms with Crippen LogP contribution in [0.4, 0.5) is 10.7 Å². The molecule has 43 heavy (non-hydrogen) atoms. The minimum Gasteiger partial charge on any atom is -0.465 e. The first-order valence-electron chi connectivity index (χ1n) is 13.7. The Morgan fingerprint density at radius 3 is 2.40 bits per heavy atom. The molecule has 2 heterocycles. The molecule has 10 heteroatoms. The van der Waals surface area contributed by atoms with Crippen LogP contribution in [0.15, 0.2) is 83.8 Å². The summed E-state index contributed by atoms with van der Waals surface area (Å²) in [5.74, 6) is -1.09. The van der Waals surface area contributed by atoms with Gasteiger partial charge in [-0.2, -0.15) is 0 Å². The molecular formula is C33H31N3O5S2. The Morgan fingerprint density at radius 1 is 0.953 bits per heavy atom. The van der Waals surface area contributed by atoms with Crippen molar-refractivity contribution in [2.24, 2.45) is 0 Å². The number of ether oxygens (including phenoxy) is 1. The van der Waals surface area contributed by atoms with Crippen molar-refractivity contribution in [2.75, 3.05) is 24.3 Å². The molecule has 1 unspecified atom stereocenters. The van der Waals surface area contributed by atoms with Gasteiger partial charge >= 0.3 is 5.97 Å². The Hall–Kier alpha value is -4.41. The third kappa shape index (κ3) is 6.98. The number of methoxy groups -OCH3 is 1. The van der Waals surface area contributed by atoms with E-state index in [4.69, 9.17) is 4.74 Å². The predicted octanol–water partition coefficient (Wildman–Crippen LogP) is 6.47. The molecular weight excluding hydrogens is 583 g/mol. The number of rotatable bonds is 8. The van der Waals surface area contributed by atoms with Gasteiger partial charge in [0.05, 0.1) is 19.2 Å². The summed E-state index contributed by atoms with van der Waals surface area (Å²) in [7, 11) is 1.32. The van der Waals surface area contributed by atoms with Crippen LogP contribution in [0.1, 0.15) is 54.5 Å². The van der Waals surface area contributed by atoms with Crippen molar-refractivity contribution in [3.05, 3.63) is 112 Å². The first kappa shape index (κ1) is 30.1. The number of esters is 1. The lowest BCUT2D eigenvalue weighted by Crippen LogP contribution is -2.33. The van der Waals surface area contributed by atoms with E-state index in [1.54, 1.807) is 23.1 Å². The summed E-state index contributed by atoms with van der Waals surface area (Å²) in [6.45, 7) is 4.36. The molecule has 2 N–H and O–H groups in total. The Balaban J connectivity index is 1.40. The van der Waals surface area contributed by atoms with E-state index in [2.05, 4.69) is 10.6 Å². The van der Waals surface area contributed by atoms with Crippen LogP contribution in [0, 0.1) is 6.92 Å². The molecule has 1 aliphatic rings. The van der Waals surface area contributed by atoms with E-state index in [1.807, 2.05) is 67.6 Å². The number of benzene rings is 3. The summed E-state index contributed by atoms with van der Waals surface area (Å²) in [6.07, 6.45) is 0.504. The van der Waals surface area contributed by atoms with Crippen molar-refractivity contribution < 1.29 is 23.9 Å². The number of nitrogens with one attached hydrogen (secondary N) is 2. The zero-order valence-corrected chi connectivity index (χ0v) is 25.6. The number of amides is 3. The maximum atomic E-state index is 13.9. The number of thiophene rings is 1. The molecule has 1 aliphatic heterocycles. The van der Waals surface area contributed by atoms with Gasteiger partial charge in [0.15, 0.2) is 0 Å². The summed E-state index contributed by atoms with van der Waals surface area (Å²) >= 11 is 2.64. The molecule has 3 amide bonds. The average Bonchev–Trinajstić information content (AvgIpc) is 3.37. The average molecular weight is 614 g/mol. The third-order valence-corrected chi connectivity index (χ3v) is 9.51. The van der Waals surface area contributed by atoms with Crippen molar-refractivity contribution in [3.63, 3.8) is 0 Å². The van der Waals surface area contributed by atoms with Gasteiger partial charge in [0.25, 0.3) is 5.91 Å². The third-order valence-electron chi connectivity index (χ3n) is 7.13. The van der Waals surface area contributed by atoms with Crippen LogP contribution in [0.2, 0.25) is 0 Å². The predicted molar refractivity (Wildman–Crippen MR) is 170 cm³/mol. The molecule has 5 rings (SSSR count). The van der Waals surface area contributed by atoms with Crippen molar-refractivity contribution in [2.45, 2.75) is 37.0 Å². The summed E-state index contributed by atoms with van der Waals surface area (Å²) in [6, 6.07) is 24.1. The lowest BCUT2D eigenvalue weighted by Gasteiger charge is -2.25. The normalized spacial score (nSPS) is 13.0. The van der Waals surface area contributed by atoms with Gasteiger partial charge in [0.1, 0.15) is 10.3 Å². The van der Waals surface area contributed by atoms with Gasteiger partial charge in [-0.15, -0.1) is 23.1 Å². The quantitative estimate of drug-likeness (QED) is 0.174. The molecule has 0 fully saturated rings. The molecule has 8 nitrogen and oxygen atoms in total. The molecule has 4 aromatic rings. The first-order valence-corrected chi connectivity index (χ1v) is 15.4. The SMILES string of the molecule is COC(=O)c1c(NC(=O)C(Sc2cccc(NC(=O)c3ccc(C)cc3)c2)c2ccccc2)sc2c1CCN(C(C)=O)C2. The van der Waals surface area contributed by atoms with Gasteiger partial charge in [-0.25, -0.2) is 4.79 Å². The van der Waals surface area contributed by atoms with E-state index >= 15 is 0 Å². The molecule has 1 aromatic heterocycles. The maximum Gasteiger partial charge on any atom is 0.341 e. The summed E-state index contributed by atoms with van der Waals surface area (Å²) < 4.78 is 5.08. The fourth-order valence-electron chi connectivity index (χ4n) is 4.85. The Morgan fingerprint density at radius 2 is 1.70 bits per heavy atom. The van der Waals surface area contributed by atoms with Gasteiger partial charge in [-0.05, 0) is 54.8 Å². The molecule has 0 saturated heterocycles. The number of nitrogens with zero attached hydrogens (tertiary/aromatic N) is 1. The van der Waals surface area contributed by atoms with Gasteiger partial charge in [-0.3, -0.25) is 14.4 Å². The molecule has 220 valence electrons. The molecule has 0 saturated carbocycles. The highest BCUT2D eigenvalue weighted by Crippen LogP contribution is 2.41. The van der Waals surface area contributed by atoms with E-state index in [-0.39, 0.29) is 17.7 Å². The Kier molecular flexibility index (Phi) is 9.27. The first-order chi connectivity index (χ1) is 20.7. The number of thioether (sulfide) groups is 1. The van der Waals surface area contributed by atoms with Crippen LogP contribution in [-0.2, 0) is 27.3 Å². The van der Waals surface area contributed by atoms with Crippen LogP contribution in [0.25, 0.3) is 0 Å². The molecule has 0 radical (unpaired) electrons.